The molecule has 2 N–H and O–H groups in total. The summed E-state index contributed by atoms with van der Waals surface area (Å²) in [6.45, 7) is 0.726. The van der Waals surface area contributed by atoms with E-state index in [9.17, 15) is 0 Å². The van der Waals surface area contributed by atoms with Gasteiger partial charge in [-0.05, 0) is 37.2 Å². The second-order valence-electron chi connectivity index (χ2n) is 7.26. The van der Waals surface area contributed by atoms with Gasteiger partial charge < -0.3 is 10.2 Å². The zero-order valence-corrected chi connectivity index (χ0v) is 19.1. The standard InChI is InChI=1S/2C11H24OS/c2*12-10-8-6-4-2-1-3-5-7-9-11-13/h2*12-13H,1-11H2. The van der Waals surface area contributed by atoms with Crippen LogP contribution in [-0.2, 0) is 0 Å². The molecule has 0 aliphatic rings. The van der Waals surface area contributed by atoms with Crippen LogP contribution in [0, 0.1) is 0 Å². The molecule has 0 saturated heterocycles. The predicted molar refractivity (Wildman–Crippen MR) is 125 cm³/mol. The summed E-state index contributed by atoms with van der Waals surface area (Å²) >= 11 is 8.36. The van der Waals surface area contributed by atoms with Crippen LogP contribution < -0.4 is 0 Å². The maximum Gasteiger partial charge on any atom is 0.0431 e. The Morgan fingerprint density at radius 1 is 0.308 bits per heavy atom. The van der Waals surface area contributed by atoms with E-state index in [4.69, 9.17) is 10.2 Å². The third kappa shape index (κ3) is 32.3. The minimum Gasteiger partial charge on any atom is -0.396 e. The highest BCUT2D eigenvalue weighted by Gasteiger charge is 1.92. The van der Waals surface area contributed by atoms with E-state index >= 15 is 0 Å². The Labute approximate surface area is 175 Å². The molecule has 160 valence electrons. The quantitative estimate of drug-likeness (QED) is 0.132. The van der Waals surface area contributed by atoms with Gasteiger partial charge in [-0.15, -0.1) is 0 Å². The van der Waals surface area contributed by atoms with Crippen molar-refractivity contribution in [1.29, 1.82) is 0 Å². The van der Waals surface area contributed by atoms with Crippen molar-refractivity contribution in [2.75, 3.05) is 24.7 Å². The molecule has 0 amide bonds. The molecule has 0 heterocycles. The molecule has 4 heteroatoms. The Morgan fingerprint density at radius 3 is 0.692 bits per heavy atom. The highest BCUT2D eigenvalue weighted by Crippen LogP contribution is 2.10. The number of hydrogen-bond acceptors (Lipinski definition) is 4. The van der Waals surface area contributed by atoms with Gasteiger partial charge in [-0.25, -0.2) is 0 Å². The first-order chi connectivity index (χ1) is 12.8. The van der Waals surface area contributed by atoms with Crippen molar-refractivity contribution in [3.63, 3.8) is 0 Å². The molecule has 0 bridgehead atoms. The molecule has 0 aromatic rings. The summed E-state index contributed by atoms with van der Waals surface area (Å²) in [4.78, 5) is 0. The number of hydrogen-bond donors (Lipinski definition) is 4. The number of aliphatic hydroxyl groups excluding tert-OH is 2. The van der Waals surface area contributed by atoms with Crippen molar-refractivity contribution in [2.24, 2.45) is 0 Å². The van der Waals surface area contributed by atoms with Crippen LogP contribution in [0.3, 0.4) is 0 Å². The molecule has 0 unspecified atom stereocenters. The zero-order chi connectivity index (χ0) is 19.6. The van der Waals surface area contributed by atoms with Gasteiger partial charge in [-0.2, -0.15) is 25.3 Å². The van der Waals surface area contributed by atoms with E-state index < -0.39 is 0 Å². The first-order valence-electron chi connectivity index (χ1n) is 11.3. The first-order valence-corrected chi connectivity index (χ1v) is 12.5. The summed E-state index contributed by atoms with van der Waals surface area (Å²) < 4.78 is 0. The van der Waals surface area contributed by atoms with Gasteiger partial charge in [-0.3, -0.25) is 0 Å². The van der Waals surface area contributed by atoms with Gasteiger partial charge in [0.25, 0.3) is 0 Å². The Hall–Kier alpha value is 0.620. The van der Waals surface area contributed by atoms with Gasteiger partial charge in [-0.1, -0.05) is 89.9 Å². The van der Waals surface area contributed by atoms with Crippen molar-refractivity contribution < 1.29 is 10.2 Å². The van der Waals surface area contributed by atoms with Crippen LogP contribution in [0.1, 0.15) is 116 Å². The van der Waals surface area contributed by atoms with Crippen molar-refractivity contribution in [3.05, 3.63) is 0 Å². The predicted octanol–water partition coefficient (Wildman–Crippen LogP) is 6.84. The molecule has 26 heavy (non-hydrogen) atoms. The minimum absolute atomic E-state index is 0.363. The molecule has 0 aliphatic heterocycles. The molecule has 0 saturated carbocycles. The molecule has 2 nitrogen and oxygen atoms in total. The second kappa shape index (κ2) is 30.4. The highest BCUT2D eigenvalue weighted by atomic mass is 32.1. The van der Waals surface area contributed by atoms with E-state index in [2.05, 4.69) is 25.3 Å². The van der Waals surface area contributed by atoms with Crippen LogP contribution in [0.4, 0.5) is 0 Å². The molecular weight excluding hydrogens is 360 g/mol. The third-order valence-electron chi connectivity index (χ3n) is 4.63. The van der Waals surface area contributed by atoms with Crippen LogP contribution in [-0.4, -0.2) is 34.9 Å². The summed E-state index contributed by atoms with van der Waals surface area (Å²) in [6, 6.07) is 0. The molecule has 0 rings (SSSR count). The lowest BCUT2D eigenvalue weighted by atomic mass is 10.1. The van der Waals surface area contributed by atoms with Crippen molar-refractivity contribution in [2.45, 2.75) is 116 Å². The second-order valence-corrected chi connectivity index (χ2v) is 8.15. The Balaban J connectivity index is 0. The van der Waals surface area contributed by atoms with Gasteiger partial charge in [0, 0.05) is 13.2 Å². The fraction of sp³-hybridized carbons (Fsp3) is 1.00. The number of unbranched alkanes of at least 4 members (excludes halogenated alkanes) is 16. The van der Waals surface area contributed by atoms with Crippen LogP contribution in [0.5, 0.6) is 0 Å². The van der Waals surface area contributed by atoms with Crippen LogP contribution >= 0.6 is 25.3 Å². The van der Waals surface area contributed by atoms with E-state index in [0.29, 0.717) is 13.2 Å². The van der Waals surface area contributed by atoms with Crippen LogP contribution in [0.2, 0.25) is 0 Å². The van der Waals surface area contributed by atoms with E-state index in [-0.39, 0.29) is 0 Å². The maximum absolute atomic E-state index is 8.56. The van der Waals surface area contributed by atoms with Gasteiger partial charge in [0.2, 0.25) is 0 Å². The lowest BCUT2D eigenvalue weighted by Crippen LogP contribution is -1.84. The fourth-order valence-corrected chi connectivity index (χ4v) is 3.37. The third-order valence-corrected chi connectivity index (χ3v) is 5.26. The van der Waals surface area contributed by atoms with Crippen molar-refractivity contribution in [1.82, 2.24) is 0 Å². The van der Waals surface area contributed by atoms with Crippen LogP contribution in [0.25, 0.3) is 0 Å². The first kappa shape index (κ1) is 28.8. The lowest BCUT2D eigenvalue weighted by molar-refractivity contribution is 0.282. The molecular formula is C22H48O2S2. The molecule has 0 radical (unpaired) electrons. The van der Waals surface area contributed by atoms with Crippen LogP contribution in [0.15, 0.2) is 0 Å². The summed E-state index contributed by atoms with van der Waals surface area (Å²) in [6.07, 6.45) is 23.2. The lowest BCUT2D eigenvalue weighted by Gasteiger charge is -2.00. The zero-order valence-electron chi connectivity index (χ0n) is 17.3. The van der Waals surface area contributed by atoms with E-state index in [1.807, 2.05) is 0 Å². The van der Waals surface area contributed by atoms with Gasteiger partial charge in [0.15, 0.2) is 0 Å². The largest absolute Gasteiger partial charge is 0.396 e. The molecule has 0 aromatic heterocycles. The smallest absolute Gasteiger partial charge is 0.0431 e. The minimum atomic E-state index is 0.363. The average molecular weight is 409 g/mol. The monoisotopic (exact) mass is 408 g/mol. The highest BCUT2D eigenvalue weighted by molar-refractivity contribution is 7.80. The summed E-state index contributed by atoms with van der Waals surface area (Å²) in [7, 11) is 0. The Kier molecular flexibility index (Phi) is 33.7. The van der Waals surface area contributed by atoms with E-state index in [1.54, 1.807) is 0 Å². The molecule has 0 spiro atoms. The summed E-state index contributed by atoms with van der Waals surface area (Å²) in [5.41, 5.74) is 0. The Bertz CT molecular complexity index is 174. The number of rotatable bonds is 20. The van der Waals surface area contributed by atoms with E-state index in [1.165, 1.54) is 103 Å². The molecule has 0 atom stereocenters. The fourth-order valence-electron chi connectivity index (χ4n) is 2.92. The molecule has 0 fully saturated rings. The normalized spacial score (nSPS) is 10.6. The van der Waals surface area contributed by atoms with Gasteiger partial charge >= 0.3 is 0 Å². The van der Waals surface area contributed by atoms with Gasteiger partial charge in [0.1, 0.15) is 0 Å². The molecule has 0 aliphatic carbocycles. The SMILES string of the molecule is OCCCCCCCCCCCS.OCCCCCCCCCCCS. The molecule has 0 aromatic carbocycles. The number of aliphatic hydroxyl groups is 2. The average Bonchev–Trinajstić information content (AvgIpc) is 2.66. The maximum atomic E-state index is 8.56. The Morgan fingerprint density at radius 2 is 0.500 bits per heavy atom. The van der Waals surface area contributed by atoms with Crippen molar-refractivity contribution in [3.8, 4) is 0 Å². The summed E-state index contributed by atoms with van der Waals surface area (Å²) in [5, 5.41) is 17.1. The number of thiol groups is 2. The van der Waals surface area contributed by atoms with Crippen molar-refractivity contribution >= 4 is 25.3 Å². The van der Waals surface area contributed by atoms with Gasteiger partial charge in [0.05, 0.1) is 0 Å². The summed E-state index contributed by atoms with van der Waals surface area (Å²) in [5.74, 6) is 2.08. The van der Waals surface area contributed by atoms with E-state index in [0.717, 1.165) is 24.3 Å². The topological polar surface area (TPSA) is 40.5 Å².